The first kappa shape index (κ1) is 54.5. The lowest BCUT2D eigenvalue weighted by Gasteiger charge is -2.49. The van der Waals surface area contributed by atoms with Crippen LogP contribution < -0.4 is 5.32 Å². The molecule has 2 aliphatic rings. The Balaban J connectivity index is 1.65. The Morgan fingerprint density at radius 3 is 1.59 bits per heavy atom. The van der Waals surface area contributed by atoms with Crippen LogP contribution in [0.1, 0.15) is 65.2 Å². The van der Waals surface area contributed by atoms with Crippen LogP contribution in [0.15, 0.2) is 91.0 Å². The largest absolute Gasteiger partial charge is 0.477 e. The Morgan fingerprint density at radius 1 is 0.676 bits per heavy atom. The minimum absolute atomic E-state index is 0.0635. The van der Waals surface area contributed by atoms with Crippen molar-refractivity contribution in [3.05, 3.63) is 108 Å². The fourth-order valence-electron chi connectivity index (χ4n) is 7.35. The second kappa shape index (κ2) is 23.9. The first-order valence-corrected chi connectivity index (χ1v) is 21.2. The predicted octanol–water partition coefficient (Wildman–Crippen LogP) is 2.37. The molecule has 71 heavy (non-hydrogen) atoms. The molecule has 0 spiro atoms. The lowest BCUT2D eigenvalue weighted by Crippen LogP contribution is -2.70. The summed E-state index contributed by atoms with van der Waals surface area (Å²) in [5.74, 6) is -16.4. The van der Waals surface area contributed by atoms with Crippen LogP contribution in [-0.4, -0.2) is 150 Å². The SMILES string of the molecule is CC(=O)OC[C@@H](OC(C)=O)[C@H](OC(C)=O)[C@@H]1O[C@@](OC[C@H]2O[C@@H](O)[C@@H](OC(=O)c3ccccc3)[C@@H](OC(=O)c3ccccc3)[C@H]2OC(=O)c2ccccc2)(C(=O)O)C[C@H](OC(C)=O)[C@@H]1NC(=O)C(F)(F)F. The van der Waals surface area contributed by atoms with E-state index < -0.39 is 146 Å². The van der Waals surface area contributed by atoms with Gasteiger partial charge >= 0.3 is 59.8 Å². The summed E-state index contributed by atoms with van der Waals surface area (Å²) in [5.41, 5.74) is -0.277. The van der Waals surface area contributed by atoms with Crippen LogP contribution in [0, 0.1) is 0 Å². The number of hydrogen-bond acceptors (Lipinski definition) is 20. The number of halogens is 3. The second-order valence-electron chi connectivity index (χ2n) is 15.6. The number of rotatable bonds is 18. The number of carboxylic acid groups (broad SMARTS) is 1. The standard InChI is InChI=1S/C46H46F3NO21/c1-23(51)62-21-31(65-25(3)53)34(66-26(4)54)36-33(50-43(59)46(47,48)49)30(64-24(2)52)20-45(71-36,44(60)61)63-22-32-35(68-39(55)27-14-8-5-9-15-27)37(69-40(56)28-16-10-6-11-17-28)38(42(58)67-32)70-41(57)29-18-12-7-13-19-29/h5-19,30-38,42,58H,20-22H2,1-4H3,(H,50,59)(H,60,61)/t30-,31+,32+,33-,34-,35-,36+,37-,38-,42+,45+/m0/s1. The second-order valence-corrected chi connectivity index (χ2v) is 15.6. The van der Waals surface area contributed by atoms with E-state index in [0.717, 1.165) is 27.7 Å². The number of nitrogens with one attached hydrogen (secondary N) is 1. The van der Waals surface area contributed by atoms with Gasteiger partial charge in [0.15, 0.2) is 36.8 Å². The van der Waals surface area contributed by atoms with Crippen molar-refractivity contribution in [2.45, 2.75) is 107 Å². The third kappa shape index (κ3) is 14.5. The molecule has 5 rings (SSSR count). The number of esters is 7. The molecule has 11 atom stereocenters. The average Bonchev–Trinajstić information content (AvgIpc) is 3.31. The van der Waals surface area contributed by atoms with Gasteiger partial charge in [0, 0.05) is 27.7 Å². The van der Waals surface area contributed by atoms with Crippen LogP contribution in [0.5, 0.6) is 0 Å². The van der Waals surface area contributed by atoms with Crippen molar-refractivity contribution < 1.29 is 114 Å². The number of amides is 1. The fourth-order valence-corrected chi connectivity index (χ4v) is 7.35. The van der Waals surface area contributed by atoms with Gasteiger partial charge in [-0.05, 0) is 36.4 Å². The average molecular weight is 1010 g/mol. The van der Waals surface area contributed by atoms with Crippen molar-refractivity contribution in [2.24, 2.45) is 0 Å². The van der Waals surface area contributed by atoms with Crippen molar-refractivity contribution in [1.29, 1.82) is 0 Å². The summed E-state index contributed by atoms with van der Waals surface area (Å²) in [4.78, 5) is 117. The van der Waals surface area contributed by atoms with Gasteiger partial charge in [-0.1, -0.05) is 54.6 Å². The van der Waals surface area contributed by atoms with Crippen LogP contribution in [0.25, 0.3) is 0 Å². The Morgan fingerprint density at radius 2 is 1.15 bits per heavy atom. The monoisotopic (exact) mass is 1010 g/mol. The van der Waals surface area contributed by atoms with E-state index in [2.05, 4.69) is 0 Å². The van der Waals surface area contributed by atoms with Gasteiger partial charge in [0.1, 0.15) is 24.9 Å². The molecule has 1 amide bonds. The lowest BCUT2D eigenvalue weighted by molar-refractivity contribution is -0.334. The van der Waals surface area contributed by atoms with E-state index in [9.17, 15) is 66.5 Å². The molecule has 22 nitrogen and oxygen atoms in total. The van der Waals surface area contributed by atoms with E-state index >= 15 is 0 Å². The molecule has 0 bridgehead atoms. The molecule has 0 saturated carbocycles. The van der Waals surface area contributed by atoms with Crippen LogP contribution in [0.2, 0.25) is 0 Å². The lowest BCUT2D eigenvalue weighted by atomic mass is 9.87. The molecule has 3 N–H and O–H groups in total. The summed E-state index contributed by atoms with van der Waals surface area (Å²) in [6, 6.07) is 19.1. The van der Waals surface area contributed by atoms with E-state index in [4.69, 9.17) is 47.4 Å². The van der Waals surface area contributed by atoms with Gasteiger partial charge in [-0.15, -0.1) is 0 Å². The molecular weight excluding hydrogens is 959 g/mol. The highest BCUT2D eigenvalue weighted by molar-refractivity contribution is 5.91. The number of carbonyl (C=O) groups excluding carboxylic acids is 8. The summed E-state index contributed by atoms with van der Waals surface area (Å²) in [7, 11) is 0. The quantitative estimate of drug-likeness (QED) is 0.122. The topological polar surface area (TPSA) is 298 Å². The molecule has 2 saturated heterocycles. The number of aliphatic hydroxyl groups is 1. The highest BCUT2D eigenvalue weighted by Crippen LogP contribution is 2.39. The Bertz CT molecular complexity index is 2410. The molecule has 3 aromatic rings. The van der Waals surface area contributed by atoms with Crippen molar-refractivity contribution in [1.82, 2.24) is 5.32 Å². The normalized spacial score (nSPS) is 24.8. The number of hydrogen-bond donors (Lipinski definition) is 3. The number of benzene rings is 3. The van der Waals surface area contributed by atoms with Crippen molar-refractivity contribution in [3.8, 4) is 0 Å². The summed E-state index contributed by atoms with van der Waals surface area (Å²) >= 11 is 0. The number of carboxylic acids is 1. The summed E-state index contributed by atoms with van der Waals surface area (Å²) < 4.78 is 97.3. The minimum Gasteiger partial charge on any atom is -0.477 e. The first-order chi connectivity index (χ1) is 33.5. The van der Waals surface area contributed by atoms with Crippen LogP contribution in [-0.2, 0) is 76.1 Å². The van der Waals surface area contributed by atoms with E-state index in [1.807, 2.05) is 0 Å². The maximum Gasteiger partial charge on any atom is 0.471 e. The van der Waals surface area contributed by atoms with Crippen LogP contribution >= 0.6 is 0 Å². The van der Waals surface area contributed by atoms with Gasteiger partial charge in [0.25, 0.3) is 5.79 Å². The van der Waals surface area contributed by atoms with Crippen molar-refractivity contribution in [2.75, 3.05) is 13.2 Å². The van der Waals surface area contributed by atoms with Gasteiger partial charge in [0.05, 0.1) is 35.8 Å². The third-order valence-electron chi connectivity index (χ3n) is 10.4. The number of ether oxygens (including phenoxy) is 10. The molecule has 3 aromatic carbocycles. The van der Waals surface area contributed by atoms with E-state index in [0.29, 0.717) is 0 Å². The minimum atomic E-state index is -5.67. The summed E-state index contributed by atoms with van der Waals surface area (Å²) in [5, 5.41) is 24.0. The Hall–Kier alpha value is -7.48. The third-order valence-corrected chi connectivity index (χ3v) is 10.4. The smallest absolute Gasteiger partial charge is 0.471 e. The maximum atomic E-state index is 13.9. The summed E-state index contributed by atoms with van der Waals surface area (Å²) in [6.45, 7) is 0.934. The molecule has 0 aromatic heterocycles. The molecule has 25 heteroatoms. The van der Waals surface area contributed by atoms with E-state index in [1.165, 1.54) is 78.1 Å². The summed E-state index contributed by atoms with van der Waals surface area (Å²) in [6.07, 6.45) is -26.6. The Labute approximate surface area is 400 Å². The van der Waals surface area contributed by atoms with E-state index in [1.54, 1.807) is 18.2 Å². The number of carbonyl (C=O) groups is 9. The van der Waals surface area contributed by atoms with Gasteiger partial charge in [-0.2, -0.15) is 13.2 Å². The number of aliphatic hydroxyl groups excluding tert-OH is 1. The fraction of sp³-hybridized carbons (Fsp3) is 0.413. The zero-order valence-corrected chi connectivity index (χ0v) is 37.8. The predicted molar refractivity (Wildman–Crippen MR) is 225 cm³/mol. The van der Waals surface area contributed by atoms with Crippen molar-refractivity contribution >= 4 is 53.7 Å². The highest BCUT2D eigenvalue weighted by Gasteiger charge is 2.61. The highest BCUT2D eigenvalue weighted by atomic mass is 19.4. The van der Waals surface area contributed by atoms with Gasteiger partial charge < -0.3 is 62.9 Å². The van der Waals surface area contributed by atoms with Gasteiger partial charge in [-0.25, -0.2) is 19.2 Å². The molecule has 382 valence electrons. The molecule has 2 aliphatic heterocycles. The molecule has 2 heterocycles. The van der Waals surface area contributed by atoms with Crippen molar-refractivity contribution in [3.63, 3.8) is 0 Å². The number of aliphatic carboxylic acids is 1. The van der Waals surface area contributed by atoms with Crippen LogP contribution in [0.4, 0.5) is 13.2 Å². The maximum absolute atomic E-state index is 13.9. The Kier molecular flexibility index (Phi) is 18.3. The molecule has 0 unspecified atom stereocenters. The van der Waals surface area contributed by atoms with Gasteiger partial charge in [0.2, 0.25) is 0 Å². The van der Waals surface area contributed by atoms with Crippen LogP contribution in [0.3, 0.4) is 0 Å². The zero-order valence-electron chi connectivity index (χ0n) is 37.8. The number of alkyl halides is 3. The molecule has 2 fully saturated rings. The first-order valence-electron chi connectivity index (χ1n) is 21.2. The van der Waals surface area contributed by atoms with Gasteiger partial charge in [-0.3, -0.25) is 24.0 Å². The molecular formula is C46H46F3NO21. The zero-order chi connectivity index (χ0) is 52.2. The molecule has 0 aliphatic carbocycles. The molecule has 0 radical (unpaired) electrons. The van der Waals surface area contributed by atoms with E-state index in [-0.39, 0.29) is 16.7 Å².